The third kappa shape index (κ3) is 1.93. The maximum absolute atomic E-state index is 13.6. The van der Waals surface area contributed by atoms with Crippen molar-refractivity contribution in [3.63, 3.8) is 0 Å². The van der Waals surface area contributed by atoms with Gasteiger partial charge in [0, 0.05) is 30.4 Å². The molecule has 96 valence electrons. The Hall–Kier alpha value is -1.66. The fourth-order valence-electron chi connectivity index (χ4n) is 2.33. The van der Waals surface area contributed by atoms with Gasteiger partial charge in [-0.25, -0.2) is 9.45 Å². The third-order valence-electron chi connectivity index (χ3n) is 3.21. The molecule has 1 aromatic rings. The topological polar surface area (TPSA) is 48.3 Å². The monoisotopic (exact) mass is 251 g/mol. The van der Waals surface area contributed by atoms with Gasteiger partial charge in [0.2, 0.25) is 0 Å². The smallest absolute Gasteiger partial charge is 0.127 e. The van der Waals surface area contributed by atoms with Crippen molar-refractivity contribution in [2.24, 2.45) is 4.99 Å². The first-order valence-corrected chi connectivity index (χ1v) is 5.89. The number of benzene rings is 1. The highest BCUT2D eigenvalue weighted by molar-refractivity contribution is 5.83. The fourth-order valence-corrected chi connectivity index (χ4v) is 2.33. The van der Waals surface area contributed by atoms with Crippen molar-refractivity contribution in [2.45, 2.75) is 6.54 Å². The Labute approximate surface area is 104 Å². The molecular formula is C12H14FN3O2. The van der Waals surface area contributed by atoms with Gasteiger partial charge in [0.15, 0.2) is 0 Å². The van der Waals surface area contributed by atoms with Crippen molar-refractivity contribution in [2.75, 3.05) is 36.3 Å². The van der Waals surface area contributed by atoms with Gasteiger partial charge in [0.1, 0.15) is 12.2 Å². The molecule has 0 saturated carbocycles. The highest BCUT2D eigenvalue weighted by Gasteiger charge is 2.22. The van der Waals surface area contributed by atoms with Gasteiger partial charge >= 0.3 is 0 Å². The largest absolute Gasteiger partial charge is 0.378 e. The lowest BCUT2D eigenvalue weighted by Crippen LogP contribution is -2.37. The predicted molar refractivity (Wildman–Crippen MR) is 65.9 cm³/mol. The first kappa shape index (κ1) is 11.4. The van der Waals surface area contributed by atoms with Crippen LogP contribution in [0.25, 0.3) is 0 Å². The number of hydrogen-bond donors (Lipinski definition) is 1. The number of halogens is 1. The van der Waals surface area contributed by atoms with E-state index in [1.54, 1.807) is 0 Å². The molecule has 0 radical (unpaired) electrons. The molecule has 2 heterocycles. The number of morpholine rings is 1. The molecule has 0 bridgehead atoms. The number of ether oxygens (including phenoxy) is 1. The molecule has 5 nitrogen and oxygen atoms in total. The van der Waals surface area contributed by atoms with Crippen LogP contribution in [0.15, 0.2) is 17.1 Å². The second-order valence-electron chi connectivity index (χ2n) is 4.32. The Morgan fingerprint density at radius 3 is 2.72 bits per heavy atom. The van der Waals surface area contributed by atoms with Crippen molar-refractivity contribution in [1.29, 1.82) is 0 Å². The van der Waals surface area contributed by atoms with Crippen LogP contribution in [0.2, 0.25) is 0 Å². The van der Waals surface area contributed by atoms with Crippen LogP contribution >= 0.6 is 0 Å². The van der Waals surface area contributed by atoms with Crippen molar-refractivity contribution < 1.29 is 14.3 Å². The molecule has 1 fully saturated rings. The van der Waals surface area contributed by atoms with Crippen LogP contribution in [-0.2, 0) is 11.3 Å². The van der Waals surface area contributed by atoms with Crippen molar-refractivity contribution in [3.05, 3.63) is 23.5 Å². The average Bonchev–Trinajstić information content (AvgIpc) is 2.40. The Kier molecular flexibility index (Phi) is 2.89. The number of hydrogen-bond acceptors (Lipinski definition) is 5. The minimum atomic E-state index is -0.357. The highest BCUT2D eigenvalue weighted by Crippen LogP contribution is 2.33. The summed E-state index contributed by atoms with van der Waals surface area (Å²) in [5.41, 5.74) is 2.11. The summed E-state index contributed by atoms with van der Waals surface area (Å²) in [6.45, 7) is 3.18. The average molecular weight is 251 g/mol. The molecule has 6 heteroatoms. The van der Waals surface area contributed by atoms with Gasteiger partial charge in [0.25, 0.3) is 0 Å². The zero-order valence-corrected chi connectivity index (χ0v) is 9.84. The van der Waals surface area contributed by atoms with Crippen LogP contribution in [0.3, 0.4) is 0 Å². The number of aliphatic imine (C=N–C) groups is 1. The standard InChI is InChI=1S/C12H14FN3O2/c13-9-5-11(15-1-3-18-4-2-15)10-7-14-8-16(17)12(10)6-9/h5-6,8,17H,1-4,7H2. The Morgan fingerprint density at radius 1 is 1.22 bits per heavy atom. The lowest BCUT2D eigenvalue weighted by molar-refractivity contribution is 0.122. The van der Waals surface area contributed by atoms with Gasteiger partial charge in [-0.1, -0.05) is 0 Å². The molecule has 18 heavy (non-hydrogen) atoms. The highest BCUT2D eigenvalue weighted by atomic mass is 19.1. The SMILES string of the molecule is ON1C=NCc2c1cc(F)cc2N1CCOCC1. The maximum Gasteiger partial charge on any atom is 0.127 e. The van der Waals surface area contributed by atoms with E-state index in [9.17, 15) is 9.60 Å². The summed E-state index contributed by atoms with van der Waals surface area (Å²) < 4.78 is 18.9. The van der Waals surface area contributed by atoms with E-state index in [-0.39, 0.29) is 5.82 Å². The quantitative estimate of drug-likeness (QED) is 0.819. The van der Waals surface area contributed by atoms with Crippen molar-refractivity contribution in [3.8, 4) is 0 Å². The molecule has 0 aliphatic carbocycles. The normalized spacial score (nSPS) is 19.0. The zero-order chi connectivity index (χ0) is 12.5. The van der Waals surface area contributed by atoms with Crippen molar-refractivity contribution in [1.82, 2.24) is 0 Å². The number of nitrogens with zero attached hydrogens (tertiary/aromatic N) is 3. The first-order chi connectivity index (χ1) is 8.75. The van der Waals surface area contributed by atoms with Crippen LogP contribution in [0, 0.1) is 5.82 Å². The molecule has 2 aliphatic rings. The zero-order valence-electron chi connectivity index (χ0n) is 9.84. The van der Waals surface area contributed by atoms with E-state index in [0.29, 0.717) is 25.4 Å². The fraction of sp³-hybridized carbons (Fsp3) is 0.417. The second-order valence-corrected chi connectivity index (χ2v) is 4.32. The molecule has 2 aliphatic heterocycles. The van der Waals surface area contributed by atoms with Crippen molar-refractivity contribution >= 4 is 17.7 Å². The minimum Gasteiger partial charge on any atom is -0.378 e. The number of anilines is 2. The Morgan fingerprint density at radius 2 is 1.94 bits per heavy atom. The van der Waals surface area contributed by atoms with Crippen LogP contribution < -0.4 is 9.96 Å². The number of rotatable bonds is 1. The van der Waals surface area contributed by atoms with Gasteiger partial charge in [0.05, 0.1) is 25.4 Å². The Balaban J connectivity index is 2.04. The van der Waals surface area contributed by atoms with Gasteiger partial charge in [-0.3, -0.25) is 10.2 Å². The van der Waals surface area contributed by atoms with E-state index in [1.165, 1.54) is 18.5 Å². The number of hydroxylamine groups is 1. The lowest BCUT2D eigenvalue weighted by atomic mass is 10.1. The summed E-state index contributed by atoms with van der Waals surface area (Å²) in [6, 6.07) is 2.82. The van der Waals surface area contributed by atoms with Crippen LogP contribution in [0.1, 0.15) is 5.56 Å². The van der Waals surface area contributed by atoms with E-state index in [0.717, 1.165) is 29.4 Å². The third-order valence-corrected chi connectivity index (χ3v) is 3.21. The van der Waals surface area contributed by atoms with Crippen LogP contribution in [0.5, 0.6) is 0 Å². The summed E-state index contributed by atoms with van der Waals surface area (Å²) in [5, 5.41) is 10.5. The van der Waals surface area contributed by atoms with Crippen LogP contribution in [0.4, 0.5) is 15.8 Å². The molecule has 0 amide bonds. The summed E-state index contributed by atoms with van der Waals surface area (Å²) in [4.78, 5) is 6.12. The maximum atomic E-state index is 13.6. The molecule has 0 aromatic heterocycles. The molecule has 3 rings (SSSR count). The minimum absolute atomic E-state index is 0.357. The van der Waals surface area contributed by atoms with Gasteiger partial charge in [-0.2, -0.15) is 0 Å². The Bertz CT molecular complexity index is 486. The lowest BCUT2D eigenvalue weighted by Gasteiger charge is -2.32. The predicted octanol–water partition coefficient (Wildman–Crippen LogP) is 1.40. The molecule has 0 spiro atoms. The molecule has 1 N–H and O–H groups in total. The van der Waals surface area contributed by atoms with Gasteiger partial charge in [-0.15, -0.1) is 0 Å². The molecule has 1 aromatic carbocycles. The molecule has 0 atom stereocenters. The van der Waals surface area contributed by atoms with Crippen LogP contribution in [-0.4, -0.2) is 37.8 Å². The van der Waals surface area contributed by atoms with Gasteiger partial charge in [-0.05, 0) is 6.07 Å². The summed E-state index contributed by atoms with van der Waals surface area (Å²) >= 11 is 0. The number of fused-ring (bicyclic) bond motifs is 1. The van der Waals surface area contributed by atoms with Gasteiger partial charge < -0.3 is 9.64 Å². The van der Waals surface area contributed by atoms with E-state index >= 15 is 0 Å². The first-order valence-electron chi connectivity index (χ1n) is 5.89. The molecule has 0 unspecified atom stereocenters. The van der Waals surface area contributed by atoms with E-state index in [1.807, 2.05) is 0 Å². The summed E-state index contributed by atoms with van der Waals surface area (Å²) in [5.74, 6) is -0.357. The summed E-state index contributed by atoms with van der Waals surface area (Å²) in [7, 11) is 0. The van der Waals surface area contributed by atoms with E-state index in [2.05, 4.69) is 9.89 Å². The molecule has 1 saturated heterocycles. The molecular weight excluding hydrogens is 237 g/mol. The second kappa shape index (κ2) is 4.55. The van der Waals surface area contributed by atoms with E-state index < -0.39 is 0 Å². The van der Waals surface area contributed by atoms with E-state index in [4.69, 9.17) is 4.74 Å². The summed E-state index contributed by atoms with van der Waals surface area (Å²) in [6.07, 6.45) is 1.30.